The van der Waals surface area contributed by atoms with Crippen molar-refractivity contribution < 1.29 is 50.8 Å². The maximum absolute atomic E-state index is 15.0. The lowest BCUT2D eigenvalue weighted by atomic mass is 9.91. The second-order valence-electron chi connectivity index (χ2n) is 10.4. The summed E-state index contributed by atoms with van der Waals surface area (Å²) in [6.07, 6.45) is -5.00. The lowest BCUT2D eigenvalue weighted by Crippen LogP contribution is -2.17. The largest absolute Gasteiger partial charge is 0.492 e. The summed E-state index contributed by atoms with van der Waals surface area (Å²) in [7, 11) is 0. The molecule has 2 heterocycles. The Morgan fingerprint density at radius 1 is 0.976 bits per heavy atom. The predicted molar refractivity (Wildman–Crippen MR) is 135 cm³/mol. The van der Waals surface area contributed by atoms with Gasteiger partial charge in [-0.15, -0.1) is 0 Å². The van der Waals surface area contributed by atoms with Crippen LogP contribution in [0.1, 0.15) is 53.5 Å². The van der Waals surface area contributed by atoms with Gasteiger partial charge in [0.25, 0.3) is 0 Å². The average Bonchev–Trinajstić information content (AvgIpc) is 3.66. The van der Waals surface area contributed by atoms with Gasteiger partial charge in [-0.25, -0.2) is 8.78 Å². The number of benzene rings is 3. The van der Waals surface area contributed by atoms with Gasteiger partial charge in [0.05, 0.1) is 31.8 Å². The van der Waals surface area contributed by atoms with Crippen LogP contribution in [0.2, 0.25) is 0 Å². The summed E-state index contributed by atoms with van der Waals surface area (Å²) >= 11 is 0. The van der Waals surface area contributed by atoms with E-state index in [1.54, 1.807) is 18.2 Å². The van der Waals surface area contributed by atoms with E-state index < -0.39 is 47.3 Å². The molecule has 6 rings (SSSR count). The monoisotopic (exact) mass is 576 g/mol. The number of carboxylic acid groups (broad SMARTS) is 1. The van der Waals surface area contributed by atoms with Crippen molar-refractivity contribution in [3.63, 3.8) is 0 Å². The van der Waals surface area contributed by atoms with Gasteiger partial charge in [-0.2, -0.15) is 13.2 Å². The Morgan fingerprint density at radius 2 is 1.73 bits per heavy atom. The van der Waals surface area contributed by atoms with E-state index in [0.29, 0.717) is 42.1 Å². The van der Waals surface area contributed by atoms with Crippen LogP contribution in [-0.4, -0.2) is 37.0 Å². The Labute approximate surface area is 231 Å². The molecule has 2 aliphatic heterocycles. The van der Waals surface area contributed by atoms with Crippen molar-refractivity contribution in [2.75, 3.05) is 19.8 Å². The van der Waals surface area contributed by atoms with Gasteiger partial charge in [-0.1, -0.05) is 12.1 Å². The van der Waals surface area contributed by atoms with E-state index in [2.05, 4.69) is 0 Å². The van der Waals surface area contributed by atoms with Gasteiger partial charge in [0.15, 0.2) is 17.4 Å². The van der Waals surface area contributed by atoms with Crippen molar-refractivity contribution in [2.45, 2.75) is 50.0 Å². The molecule has 1 N–H and O–H groups in total. The minimum Gasteiger partial charge on any atom is -0.492 e. The summed E-state index contributed by atoms with van der Waals surface area (Å²) in [5.41, 5.74) is 0.0195. The molecule has 0 bridgehead atoms. The normalized spacial score (nSPS) is 21.3. The highest BCUT2D eigenvalue weighted by atomic mass is 19.4. The second kappa shape index (κ2) is 10.5. The van der Waals surface area contributed by atoms with Crippen LogP contribution >= 0.6 is 0 Å². The summed E-state index contributed by atoms with van der Waals surface area (Å²) < 4.78 is 94.8. The van der Waals surface area contributed by atoms with Gasteiger partial charge in [-0.05, 0) is 59.4 Å². The van der Waals surface area contributed by atoms with Crippen LogP contribution in [0, 0.1) is 11.6 Å². The van der Waals surface area contributed by atoms with Crippen LogP contribution in [0.5, 0.6) is 17.2 Å². The van der Waals surface area contributed by atoms with Gasteiger partial charge in [0.1, 0.15) is 23.7 Å². The molecular formula is C30H25F5O6. The molecule has 3 aliphatic rings. The van der Waals surface area contributed by atoms with Crippen molar-refractivity contribution in [1.82, 2.24) is 0 Å². The number of alkyl halides is 3. The molecule has 0 radical (unpaired) electrons. The standard InChI is InChI=1S/C30H25F5O6/c31-23-9-15(10-24(32)29(23)41-18-7-8-38-14-18)28-21-4-6-25(20(21)3-5-22(28)30(33,34)35)40-17-1-2-19-16(11-27(36)37)13-39-26(19)12-17/h1-3,5,9-10,12,16,18,25H,4,6-8,11,13-14H2,(H,36,37). The third-order valence-electron chi connectivity index (χ3n) is 7.68. The Balaban J connectivity index is 1.32. The van der Waals surface area contributed by atoms with E-state index in [1.807, 2.05) is 0 Å². The molecule has 0 aromatic heterocycles. The average molecular weight is 577 g/mol. The molecule has 41 heavy (non-hydrogen) atoms. The molecule has 3 aromatic carbocycles. The van der Waals surface area contributed by atoms with Crippen molar-refractivity contribution in [3.05, 3.63) is 76.4 Å². The van der Waals surface area contributed by atoms with Crippen molar-refractivity contribution in [2.24, 2.45) is 0 Å². The van der Waals surface area contributed by atoms with E-state index in [4.69, 9.17) is 24.1 Å². The Morgan fingerprint density at radius 3 is 2.41 bits per heavy atom. The molecule has 216 valence electrons. The molecule has 1 fully saturated rings. The molecule has 6 nitrogen and oxygen atoms in total. The molecule has 11 heteroatoms. The highest BCUT2D eigenvalue weighted by molar-refractivity contribution is 5.75. The van der Waals surface area contributed by atoms with Crippen LogP contribution in [0.25, 0.3) is 11.1 Å². The Kier molecular flexibility index (Phi) is 7.01. The van der Waals surface area contributed by atoms with Crippen LogP contribution < -0.4 is 14.2 Å². The predicted octanol–water partition coefficient (Wildman–Crippen LogP) is 6.84. The molecule has 1 saturated heterocycles. The first kappa shape index (κ1) is 27.3. The third kappa shape index (κ3) is 5.30. The van der Waals surface area contributed by atoms with E-state index in [0.717, 1.165) is 23.8 Å². The summed E-state index contributed by atoms with van der Waals surface area (Å²) in [5.74, 6) is -3.14. The first-order valence-electron chi connectivity index (χ1n) is 13.2. The zero-order valence-electron chi connectivity index (χ0n) is 21.6. The van der Waals surface area contributed by atoms with Gasteiger partial charge >= 0.3 is 12.1 Å². The van der Waals surface area contributed by atoms with Crippen molar-refractivity contribution >= 4 is 5.97 Å². The second-order valence-corrected chi connectivity index (χ2v) is 10.4. The SMILES string of the molecule is O=C(O)CC1COc2cc(OC3CCc4c3ccc(C(F)(F)F)c4-c3cc(F)c(OC4CCOC4)c(F)c3)ccc21. The number of aliphatic carboxylic acids is 1. The van der Waals surface area contributed by atoms with Gasteiger partial charge in [0.2, 0.25) is 0 Å². The fraction of sp³-hybridized carbons (Fsp3) is 0.367. The molecule has 0 amide bonds. The number of ether oxygens (including phenoxy) is 4. The minimum absolute atomic E-state index is 0.0726. The zero-order valence-corrected chi connectivity index (χ0v) is 21.6. The number of carboxylic acids is 1. The van der Waals surface area contributed by atoms with E-state index in [9.17, 15) is 18.0 Å². The minimum atomic E-state index is -4.77. The Bertz CT molecular complexity index is 1470. The van der Waals surface area contributed by atoms with Gasteiger partial charge in [-0.3, -0.25) is 4.79 Å². The number of rotatable bonds is 7. The van der Waals surface area contributed by atoms with E-state index in [1.165, 1.54) is 6.07 Å². The van der Waals surface area contributed by atoms with Crippen LogP contribution in [-0.2, 0) is 22.1 Å². The number of hydrogen-bond donors (Lipinski definition) is 1. The topological polar surface area (TPSA) is 74.2 Å². The van der Waals surface area contributed by atoms with E-state index >= 15 is 8.78 Å². The molecular weight excluding hydrogens is 551 g/mol. The van der Waals surface area contributed by atoms with Crippen molar-refractivity contribution in [3.8, 4) is 28.4 Å². The molecule has 3 atom stereocenters. The summed E-state index contributed by atoms with van der Waals surface area (Å²) in [6, 6.07) is 9.04. The molecule has 3 aromatic rings. The number of fused-ring (bicyclic) bond motifs is 2. The molecule has 0 spiro atoms. The molecule has 1 aliphatic carbocycles. The summed E-state index contributed by atoms with van der Waals surface area (Å²) in [4.78, 5) is 11.1. The van der Waals surface area contributed by atoms with Crippen LogP contribution in [0.15, 0.2) is 42.5 Å². The number of carbonyl (C=O) groups is 1. The fourth-order valence-electron chi connectivity index (χ4n) is 5.82. The maximum atomic E-state index is 15.0. The third-order valence-corrected chi connectivity index (χ3v) is 7.68. The highest BCUT2D eigenvalue weighted by Gasteiger charge is 2.39. The summed E-state index contributed by atoms with van der Waals surface area (Å²) in [5, 5.41) is 9.11. The molecule has 0 saturated carbocycles. The zero-order chi connectivity index (χ0) is 28.9. The smallest absolute Gasteiger partial charge is 0.417 e. The van der Waals surface area contributed by atoms with Crippen molar-refractivity contribution in [1.29, 1.82) is 0 Å². The van der Waals surface area contributed by atoms with Gasteiger partial charge < -0.3 is 24.1 Å². The first-order valence-corrected chi connectivity index (χ1v) is 13.2. The first-order chi connectivity index (χ1) is 19.6. The number of hydrogen-bond acceptors (Lipinski definition) is 5. The van der Waals surface area contributed by atoms with Gasteiger partial charge in [0, 0.05) is 24.0 Å². The number of halogens is 5. The summed E-state index contributed by atoms with van der Waals surface area (Å²) in [6.45, 7) is 0.794. The Hall–Kier alpha value is -3.86. The van der Waals surface area contributed by atoms with E-state index in [-0.39, 0.29) is 43.1 Å². The lowest BCUT2D eigenvalue weighted by molar-refractivity contribution is -0.138. The highest BCUT2D eigenvalue weighted by Crippen LogP contribution is 2.48. The fourth-order valence-corrected chi connectivity index (χ4v) is 5.82. The lowest BCUT2D eigenvalue weighted by Gasteiger charge is -2.20. The molecule has 3 unspecified atom stereocenters. The van der Waals surface area contributed by atoms with Crippen LogP contribution in [0.3, 0.4) is 0 Å². The maximum Gasteiger partial charge on any atom is 0.417 e. The quantitative estimate of drug-likeness (QED) is 0.311. The van der Waals surface area contributed by atoms with Crippen LogP contribution in [0.4, 0.5) is 22.0 Å².